The summed E-state index contributed by atoms with van der Waals surface area (Å²) in [5.74, 6) is -0.173. The molecule has 0 spiro atoms. The molecule has 1 unspecified atom stereocenters. The number of benzene rings is 2. The van der Waals surface area contributed by atoms with E-state index >= 15 is 0 Å². The van der Waals surface area contributed by atoms with Gasteiger partial charge in [-0.2, -0.15) is 0 Å². The van der Waals surface area contributed by atoms with Gasteiger partial charge in [0, 0.05) is 12.1 Å². The van der Waals surface area contributed by atoms with Crippen molar-refractivity contribution in [1.82, 2.24) is 9.80 Å². The molecule has 0 aromatic heterocycles. The average Bonchev–Trinajstić information content (AvgIpc) is 3.08. The predicted octanol–water partition coefficient (Wildman–Crippen LogP) is 4.25. The third kappa shape index (κ3) is 5.78. The number of likely N-dealkylation sites (tertiary alicyclic amines) is 1. The zero-order valence-electron chi connectivity index (χ0n) is 20.4. The number of nitrogens with zero attached hydrogens (tertiary/aromatic N) is 2. The molecule has 3 rings (SSSR count). The van der Waals surface area contributed by atoms with Crippen molar-refractivity contribution < 1.29 is 24.2 Å². The van der Waals surface area contributed by atoms with Crippen molar-refractivity contribution in [2.75, 3.05) is 40.4 Å². The maximum absolute atomic E-state index is 13.2. The van der Waals surface area contributed by atoms with Crippen LogP contribution in [0, 0.1) is 0 Å². The Hall–Kier alpha value is -3.32. The van der Waals surface area contributed by atoms with E-state index in [-0.39, 0.29) is 11.3 Å². The number of carbonyl (C=O) groups is 2. The summed E-state index contributed by atoms with van der Waals surface area (Å²) in [5.41, 5.74) is 1.27. The van der Waals surface area contributed by atoms with Crippen LogP contribution in [0.3, 0.4) is 0 Å². The van der Waals surface area contributed by atoms with Gasteiger partial charge >= 0.3 is 0 Å². The molecular weight excluding hydrogens is 432 g/mol. The smallest absolute Gasteiger partial charge is 0.295 e. The van der Waals surface area contributed by atoms with E-state index in [1.807, 2.05) is 57.1 Å². The Bertz CT molecular complexity index is 1030. The third-order valence-electron chi connectivity index (χ3n) is 5.63. The van der Waals surface area contributed by atoms with Gasteiger partial charge in [-0.25, -0.2) is 0 Å². The molecule has 2 aromatic rings. The van der Waals surface area contributed by atoms with Crippen molar-refractivity contribution in [2.45, 2.75) is 32.7 Å². The summed E-state index contributed by atoms with van der Waals surface area (Å²) >= 11 is 0. The van der Waals surface area contributed by atoms with Gasteiger partial charge in [-0.1, -0.05) is 31.2 Å². The molecule has 1 N–H and O–H groups in total. The van der Waals surface area contributed by atoms with Gasteiger partial charge in [0.2, 0.25) is 0 Å². The molecule has 1 saturated heterocycles. The number of hydrogen-bond donors (Lipinski definition) is 1. The van der Waals surface area contributed by atoms with Crippen molar-refractivity contribution in [2.24, 2.45) is 0 Å². The highest BCUT2D eigenvalue weighted by atomic mass is 16.5. The first kappa shape index (κ1) is 25.3. The molecule has 2 aromatic carbocycles. The molecule has 0 aliphatic carbocycles. The lowest BCUT2D eigenvalue weighted by atomic mass is 9.95. The van der Waals surface area contributed by atoms with E-state index < -0.39 is 17.7 Å². The fraction of sp³-hybridized carbons (Fsp3) is 0.407. The Morgan fingerprint density at radius 1 is 1.03 bits per heavy atom. The number of aliphatic hydroxyl groups excluding tert-OH is 1. The molecule has 1 fully saturated rings. The van der Waals surface area contributed by atoms with Gasteiger partial charge in [-0.15, -0.1) is 0 Å². The second-order valence-electron chi connectivity index (χ2n) is 8.53. The van der Waals surface area contributed by atoms with Crippen LogP contribution in [0.4, 0.5) is 0 Å². The summed E-state index contributed by atoms with van der Waals surface area (Å²) in [4.78, 5) is 29.8. The summed E-state index contributed by atoms with van der Waals surface area (Å²) in [6.45, 7) is 6.18. The Morgan fingerprint density at radius 3 is 2.41 bits per heavy atom. The number of ether oxygens (including phenoxy) is 2. The Kier molecular flexibility index (Phi) is 8.71. The van der Waals surface area contributed by atoms with E-state index in [4.69, 9.17) is 9.47 Å². The number of rotatable bonds is 11. The fourth-order valence-corrected chi connectivity index (χ4v) is 4.04. The molecular formula is C27H34N2O5. The molecule has 34 heavy (non-hydrogen) atoms. The molecule has 1 amide bonds. The van der Waals surface area contributed by atoms with Crippen LogP contribution in [0.2, 0.25) is 0 Å². The monoisotopic (exact) mass is 466 g/mol. The van der Waals surface area contributed by atoms with Crippen LogP contribution in [0.5, 0.6) is 11.5 Å². The quantitative estimate of drug-likeness (QED) is 0.303. The van der Waals surface area contributed by atoms with Gasteiger partial charge in [0.05, 0.1) is 24.8 Å². The van der Waals surface area contributed by atoms with E-state index in [0.717, 1.165) is 18.5 Å². The second-order valence-corrected chi connectivity index (χ2v) is 8.53. The highest BCUT2D eigenvalue weighted by Gasteiger charge is 2.45. The first-order valence-electron chi connectivity index (χ1n) is 11.8. The van der Waals surface area contributed by atoms with Crippen LogP contribution in [0.25, 0.3) is 5.76 Å². The Morgan fingerprint density at radius 2 is 1.76 bits per heavy atom. The van der Waals surface area contributed by atoms with E-state index in [0.29, 0.717) is 43.2 Å². The molecule has 7 nitrogen and oxygen atoms in total. The van der Waals surface area contributed by atoms with E-state index in [1.54, 1.807) is 29.2 Å². The van der Waals surface area contributed by atoms with Crippen molar-refractivity contribution in [3.63, 3.8) is 0 Å². The van der Waals surface area contributed by atoms with Crippen molar-refractivity contribution >= 4 is 17.4 Å². The summed E-state index contributed by atoms with van der Waals surface area (Å²) in [5, 5.41) is 11.3. The molecule has 0 bridgehead atoms. The van der Waals surface area contributed by atoms with Gasteiger partial charge in [-0.3, -0.25) is 9.59 Å². The number of Topliss-reactive ketones (excluding diaryl/α,β-unsaturated/α-hetero) is 1. The standard InChI is InChI=1S/C27H34N2O5/c1-5-17-34-22-10-7-9-20(18-22)25(30)23-24(19-11-13-21(14-12-19)33-6-2)29(27(32)26(23)31)16-8-15-28(3)4/h7,9-14,18,24,30H,5-6,8,15-17H2,1-4H3/b25-23+. The first-order chi connectivity index (χ1) is 16.4. The number of hydrogen-bond acceptors (Lipinski definition) is 6. The van der Waals surface area contributed by atoms with Crippen molar-refractivity contribution in [3.8, 4) is 11.5 Å². The van der Waals surface area contributed by atoms with Crippen LogP contribution in [0.1, 0.15) is 43.9 Å². The van der Waals surface area contributed by atoms with Crippen LogP contribution in [-0.4, -0.2) is 67.0 Å². The summed E-state index contributed by atoms with van der Waals surface area (Å²) < 4.78 is 11.2. The van der Waals surface area contributed by atoms with E-state index in [2.05, 4.69) is 0 Å². The SMILES string of the molecule is CCCOc1cccc(/C(O)=C2\C(=O)C(=O)N(CCCN(C)C)C2c2ccc(OCC)cc2)c1. The Labute approximate surface area is 201 Å². The topological polar surface area (TPSA) is 79.3 Å². The minimum absolute atomic E-state index is 0.0895. The normalized spacial score (nSPS) is 17.4. The highest BCUT2D eigenvalue weighted by molar-refractivity contribution is 6.46. The summed E-state index contributed by atoms with van der Waals surface area (Å²) in [6.07, 6.45) is 1.56. The first-order valence-corrected chi connectivity index (χ1v) is 11.8. The summed E-state index contributed by atoms with van der Waals surface area (Å²) in [6, 6.07) is 13.6. The maximum atomic E-state index is 13.2. The zero-order chi connectivity index (χ0) is 24.7. The third-order valence-corrected chi connectivity index (χ3v) is 5.63. The number of amides is 1. The second kappa shape index (κ2) is 11.7. The van der Waals surface area contributed by atoms with E-state index in [9.17, 15) is 14.7 Å². The lowest BCUT2D eigenvalue weighted by molar-refractivity contribution is -0.139. The van der Waals surface area contributed by atoms with Crippen LogP contribution >= 0.6 is 0 Å². The number of carbonyl (C=O) groups excluding carboxylic acids is 2. The number of ketones is 1. The molecule has 0 radical (unpaired) electrons. The fourth-order valence-electron chi connectivity index (χ4n) is 4.04. The Balaban J connectivity index is 2.05. The molecule has 0 saturated carbocycles. The predicted molar refractivity (Wildman–Crippen MR) is 132 cm³/mol. The van der Waals surface area contributed by atoms with Gasteiger partial charge in [0.1, 0.15) is 17.3 Å². The largest absolute Gasteiger partial charge is 0.507 e. The summed E-state index contributed by atoms with van der Waals surface area (Å²) in [7, 11) is 3.93. The van der Waals surface area contributed by atoms with Crippen LogP contribution in [0.15, 0.2) is 54.1 Å². The zero-order valence-corrected chi connectivity index (χ0v) is 20.4. The van der Waals surface area contributed by atoms with Crippen molar-refractivity contribution in [3.05, 3.63) is 65.2 Å². The lowest BCUT2D eigenvalue weighted by Crippen LogP contribution is -2.32. The van der Waals surface area contributed by atoms with E-state index in [1.165, 1.54) is 0 Å². The van der Waals surface area contributed by atoms with Crippen LogP contribution < -0.4 is 9.47 Å². The molecule has 1 aliphatic rings. The molecule has 1 aliphatic heterocycles. The highest BCUT2D eigenvalue weighted by Crippen LogP contribution is 2.40. The number of aliphatic hydroxyl groups is 1. The average molecular weight is 467 g/mol. The maximum Gasteiger partial charge on any atom is 0.295 e. The van der Waals surface area contributed by atoms with Crippen LogP contribution in [-0.2, 0) is 9.59 Å². The molecule has 1 atom stereocenters. The minimum atomic E-state index is -0.682. The lowest BCUT2D eigenvalue weighted by Gasteiger charge is -2.26. The molecule has 182 valence electrons. The van der Waals surface area contributed by atoms with Gasteiger partial charge < -0.3 is 24.4 Å². The minimum Gasteiger partial charge on any atom is -0.507 e. The van der Waals surface area contributed by atoms with Crippen molar-refractivity contribution in [1.29, 1.82) is 0 Å². The van der Waals surface area contributed by atoms with Gasteiger partial charge in [-0.05, 0) is 70.2 Å². The van der Waals surface area contributed by atoms with Gasteiger partial charge in [0.15, 0.2) is 0 Å². The molecule has 7 heteroatoms. The molecule has 1 heterocycles. The van der Waals surface area contributed by atoms with Gasteiger partial charge in [0.25, 0.3) is 11.7 Å².